The van der Waals surface area contributed by atoms with E-state index in [1.165, 1.54) is 0 Å². The third-order valence-electron chi connectivity index (χ3n) is 2.71. The Kier molecular flexibility index (Phi) is 3.37. The van der Waals surface area contributed by atoms with Gasteiger partial charge in [0.2, 0.25) is 0 Å². The third kappa shape index (κ3) is 2.38. The van der Waals surface area contributed by atoms with Crippen LogP contribution in [-0.4, -0.2) is 36.6 Å². The molecule has 1 saturated heterocycles. The van der Waals surface area contributed by atoms with Gasteiger partial charge < -0.3 is 16.0 Å². The first-order valence-electron chi connectivity index (χ1n) is 5.21. The van der Waals surface area contributed by atoms with E-state index in [-0.39, 0.29) is 17.5 Å². The van der Waals surface area contributed by atoms with Crippen LogP contribution in [0.15, 0.2) is 0 Å². The maximum absolute atomic E-state index is 11.6. The highest BCUT2D eigenvalue weighted by Crippen LogP contribution is 2.24. The first kappa shape index (κ1) is 11.3. The van der Waals surface area contributed by atoms with Gasteiger partial charge in [-0.2, -0.15) is 0 Å². The minimum Gasteiger partial charge on any atom is -0.338 e. The van der Waals surface area contributed by atoms with Gasteiger partial charge in [0.05, 0.1) is 6.04 Å². The van der Waals surface area contributed by atoms with Crippen LogP contribution < -0.4 is 11.1 Å². The lowest BCUT2D eigenvalue weighted by Crippen LogP contribution is -2.57. The van der Waals surface area contributed by atoms with Gasteiger partial charge in [-0.05, 0) is 11.8 Å². The van der Waals surface area contributed by atoms with E-state index in [0.29, 0.717) is 6.54 Å². The number of amides is 2. The fraction of sp³-hybridized carbons (Fsp3) is 0.900. The highest BCUT2D eigenvalue weighted by Gasteiger charge is 2.33. The zero-order valence-corrected chi connectivity index (χ0v) is 9.34. The molecule has 14 heavy (non-hydrogen) atoms. The van der Waals surface area contributed by atoms with Gasteiger partial charge in [-0.3, -0.25) is 0 Å². The van der Waals surface area contributed by atoms with Crippen molar-refractivity contribution < 1.29 is 4.79 Å². The number of hydrogen-bond donors (Lipinski definition) is 2. The number of urea groups is 1. The number of carbonyl (C=O) groups excluding carboxylic acids is 1. The number of hydrogen-bond acceptors (Lipinski definition) is 2. The van der Waals surface area contributed by atoms with Gasteiger partial charge in [0, 0.05) is 19.6 Å². The lowest BCUT2D eigenvalue weighted by Gasteiger charge is -2.41. The second-order valence-corrected chi connectivity index (χ2v) is 4.90. The summed E-state index contributed by atoms with van der Waals surface area (Å²) >= 11 is 0. The molecule has 82 valence electrons. The van der Waals surface area contributed by atoms with Crippen molar-refractivity contribution in [3.8, 4) is 0 Å². The van der Waals surface area contributed by atoms with Gasteiger partial charge in [-0.15, -0.1) is 0 Å². The first-order valence-corrected chi connectivity index (χ1v) is 5.21. The molecule has 1 rings (SSSR count). The lowest BCUT2D eigenvalue weighted by atomic mass is 9.85. The van der Waals surface area contributed by atoms with E-state index in [1.54, 1.807) is 0 Å². The fourth-order valence-electron chi connectivity index (χ4n) is 1.89. The molecule has 1 aliphatic rings. The summed E-state index contributed by atoms with van der Waals surface area (Å²) in [5.74, 6) is 0. The number of nitrogens with zero attached hydrogens (tertiary/aromatic N) is 1. The monoisotopic (exact) mass is 199 g/mol. The predicted octanol–water partition coefficient (Wildman–Crippen LogP) is 0.775. The molecule has 1 heterocycles. The molecule has 0 radical (unpaired) electrons. The van der Waals surface area contributed by atoms with Gasteiger partial charge >= 0.3 is 6.03 Å². The average molecular weight is 199 g/mol. The summed E-state index contributed by atoms with van der Waals surface area (Å²) in [6.07, 6.45) is 1.01. The summed E-state index contributed by atoms with van der Waals surface area (Å²) in [5, 5.41) is 2.85. The van der Waals surface area contributed by atoms with E-state index in [4.69, 9.17) is 5.73 Å². The van der Waals surface area contributed by atoms with Crippen LogP contribution in [0.2, 0.25) is 0 Å². The van der Waals surface area contributed by atoms with Crippen LogP contribution in [0.3, 0.4) is 0 Å². The summed E-state index contributed by atoms with van der Waals surface area (Å²) in [7, 11) is 0. The van der Waals surface area contributed by atoms with Crippen molar-refractivity contribution in [3.05, 3.63) is 0 Å². The van der Waals surface area contributed by atoms with Crippen molar-refractivity contribution in [1.29, 1.82) is 0 Å². The maximum Gasteiger partial charge on any atom is 0.317 e. The fourth-order valence-corrected chi connectivity index (χ4v) is 1.89. The second-order valence-electron chi connectivity index (χ2n) is 4.90. The lowest BCUT2D eigenvalue weighted by molar-refractivity contribution is 0.110. The van der Waals surface area contributed by atoms with Crippen LogP contribution in [0, 0.1) is 5.41 Å². The van der Waals surface area contributed by atoms with Gasteiger partial charge in [0.1, 0.15) is 0 Å². The maximum atomic E-state index is 11.6. The molecule has 1 fully saturated rings. The van der Waals surface area contributed by atoms with Crippen molar-refractivity contribution in [3.63, 3.8) is 0 Å². The molecule has 0 saturated carbocycles. The molecule has 0 aromatic carbocycles. The molecule has 0 spiro atoms. The molecule has 0 aromatic rings. The van der Waals surface area contributed by atoms with E-state index in [2.05, 4.69) is 26.1 Å². The van der Waals surface area contributed by atoms with Gasteiger partial charge in [-0.1, -0.05) is 20.8 Å². The molecular weight excluding hydrogens is 178 g/mol. The summed E-state index contributed by atoms with van der Waals surface area (Å²) < 4.78 is 0. The second kappa shape index (κ2) is 4.17. The van der Waals surface area contributed by atoms with Crippen LogP contribution in [0.25, 0.3) is 0 Å². The molecular formula is C10H21N3O. The van der Waals surface area contributed by atoms with E-state index in [9.17, 15) is 4.79 Å². The predicted molar refractivity (Wildman–Crippen MR) is 57.0 cm³/mol. The molecule has 1 aliphatic heterocycles. The third-order valence-corrected chi connectivity index (χ3v) is 2.71. The largest absolute Gasteiger partial charge is 0.338 e. The number of rotatable bonds is 2. The van der Waals surface area contributed by atoms with Crippen LogP contribution in [-0.2, 0) is 0 Å². The number of nitrogens with two attached hydrogens (primary N) is 1. The standard InChI is InChI=1S/C10H21N3O/c1-10(2,3)8(7-11)13-6-4-5-12-9(13)14/h8H,4-7,11H2,1-3H3,(H,12,14). The quantitative estimate of drug-likeness (QED) is 0.690. The summed E-state index contributed by atoms with van der Waals surface area (Å²) in [5.41, 5.74) is 5.78. The Hall–Kier alpha value is -0.770. The Morgan fingerprint density at radius 1 is 1.57 bits per heavy atom. The summed E-state index contributed by atoms with van der Waals surface area (Å²) in [6, 6.07) is 0.157. The minimum atomic E-state index is 0.0293. The van der Waals surface area contributed by atoms with Crippen LogP contribution in [0.1, 0.15) is 27.2 Å². The minimum absolute atomic E-state index is 0.0293. The SMILES string of the molecule is CC(C)(C)C(CN)N1CCCNC1=O. The Morgan fingerprint density at radius 2 is 2.21 bits per heavy atom. The summed E-state index contributed by atoms with van der Waals surface area (Å²) in [4.78, 5) is 13.5. The van der Waals surface area contributed by atoms with Crippen LogP contribution in [0.4, 0.5) is 4.79 Å². The van der Waals surface area contributed by atoms with Gasteiger partial charge in [0.15, 0.2) is 0 Å². The van der Waals surface area contributed by atoms with E-state index in [1.807, 2.05) is 4.90 Å². The van der Waals surface area contributed by atoms with Crippen molar-refractivity contribution in [1.82, 2.24) is 10.2 Å². The van der Waals surface area contributed by atoms with E-state index < -0.39 is 0 Å². The normalized spacial score (nSPS) is 20.6. The number of carbonyl (C=O) groups is 1. The topological polar surface area (TPSA) is 58.4 Å². The average Bonchev–Trinajstić information content (AvgIpc) is 2.07. The van der Waals surface area contributed by atoms with Gasteiger partial charge in [0.25, 0.3) is 0 Å². The van der Waals surface area contributed by atoms with E-state index >= 15 is 0 Å². The molecule has 4 nitrogen and oxygen atoms in total. The highest BCUT2D eigenvalue weighted by atomic mass is 16.2. The van der Waals surface area contributed by atoms with Crippen molar-refractivity contribution in [2.75, 3.05) is 19.6 Å². The molecule has 3 N–H and O–H groups in total. The van der Waals surface area contributed by atoms with Crippen LogP contribution >= 0.6 is 0 Å². The molecule has 2 amide bonds. The molecule has 4 heteroatoms. The Bertz CT molecular complexity index is 210. The Balaban J connectivity index is 2.72. The first-order chi connectivity index (χ1) is 6.46. The zero-order chi connectivity index (χ0) is 10.8. The molecule has 1 atom stereocenters. The molecule has 0 aromatic heterocycles. The van der Waals surface area contributed by atoms with Gasteiger partial charge in [-0.25, -0.2) is 4.79 Å². The smallest absolute Gasteiger partial charge is 0.317 e. The highest BCUT2D eigenvalue weighted by molar-refractivity contribution is 5.75. The van der Waals surface area contributed by atoms with Crippen molar-refractivity contribution >= 4 is 6.03 Å². The van der Waals surface area contributed by atoms with Crippen molar-refractivity contribution in [2.45, 2.75) is 33.2 Å². The molecule has 0 aliphatic carbocycles. The number of nitrogens with one attached hydrogen (secondary N) is 1. The molecule has 1 unspecified atom stereocenters. The Labute approximate surface area is 85.8 Å². The summed E-state index contributed by atoms with van der Waals surface area (Å²) in [6.45, 7) is 8.49. The zero-order valence-electron chi connectivity index (χ0n) is 9.34. The van der Waals surface area contributed by atoms with E-state index in [0.717, 1.165) is 19.5 Å². The molecule has 0 bridgehead atoms. The Morgan fingerprint density at radius 3 is 2.64 bits per heavy atom. The van der Waals surface area contributed by atoms with Crippen molar-refractivity contribution in [2.24, 2.45) is 11.1 Å². The van der Waals surface area contributed by atoms with Crippen LogP contribution in [0.5, 0.6) is 0 Å².